The monoisotopic (exact) mass is 209 g/mol. The average Bonchev–Trinajstić information content (AvgIpc) is 2.26. The smallest absolute Gasteiger partial charge is 0.124 e. The van der Waals surface area contributed by atoms with Gasteiger partial charge in [0.2, 0.25) is 0 Å². The first-order valence-electron chi connectivity index (χ1n) is 4.92. The standard InChI is InChI=1S/C9H15N5O/c10-8-4-7(5-9(11)14(8)15)13-3-1-2-12-6-13/h1-3,7-8,11,15H,4-6,10H2. The Labute approximate surface area is 88.1 Å². The molecule has 2 heterocycles. The molecular weight excluding hydrogens is 194 g/mol. The fourth-order valence-electron chi connectivity index (χ4n) is 1.87. The molecule has 0 aromatic heterocycles. The van der Waals surface area contributed by atoms with Crippen LogP contribution in [0.2, 0.25) is 0 Å². The van der Waals surface area contributed by atoms with Crippen LogP contribution in [0.4, 0.5) is 0 Å². The maximum absolute atomic E-state index is 9.38. The van der Waals surface area contributed by atoms with E-state index >= 15 is 0 Å². The van der Waals surface area contributed by atoms with E-state index in [9.17, 15) is 5.21 Å². The second-order valence-corrected chi connectivity index (χ2v) is 3.78. The maximum atomic E-state index is 9.38. The van der Waals surface area contributed by atoms with E-state index in [4.69, 9.17) is 11.1 Å². The van der Waals surface area contributed by atoms with Gasteiger partial charge in [-0.05, 0) is 6.08 Å². The molecule has 82 valence electrons. The van der Waals surface area contributed by atoms with Gasteiger partial charge in [0.1, 0.15) is 18.7 Å². The zero-order valence-electron chi connectivity index (χ0n) is 8.37. The molecule has 2 aliphatic rings. The number of hydrogen-bond donors (Lipinski definition) is 3. The molecule has 0 aromatic carbocycles. The Bertz CT molecular complexity index is 314. The topological polar surface area (TPSA) is 88.9 Å². The van der Waals surface area contributed by atoms with Crippen LogP contribution >= 0.6 is 0 Å². The molecule has 0 aromatic rings. The van der Waals surface area contributed by atoms with Crippen LogP contribution in [0.5, 0.6) is 0 Å². The molecule has 6 heteroatoms. The Hall–Kier alpha value is -1.40. The Balaban J connectivity index is 2.02. The summed E-state index contributed by atoms with van der Waals surface area (Å²) >= 11 is 0. The van der Waals surface area contributed by atoms with Crippen LogP contribution < -0.4 is 5.73 Å². The molecule has 0 amide bonds. The molecule has 0 radical (unpaired) electrons. The van der Waals surface area contributed by atoms with Crippen LogP contribution in [0.1, 0.15) is 12.8 Å². The Morgan fingerprint density at radius 2 is 2.40 bits per heavy atom. The molecule has 1 fully saturated rings. The van der Waals surface area contributed by atoms with Gasteiger partial charge in [-0.25, -0.2) is 5.06 Å². The Morgan fingerprint density at radius 3 is 3.00 bits per heavy atom. The summed E-state index contributed by atoms with van der Waals surface area (Å²) in [5.41, 5.74) is 5.71. The second-order valence-electron chi connectivity index (χ2n) is 3.78. The van der Waals surface area contributed by atoms with E-state index < -0.39 is 6.17 Å². The van der Waals surface area contributed by atoms with E-state index in [1.165, 1.54) is 0 Å². The molecule has 6 nitrogen and oxygen atoms in total. The minimum absolute atomic E-state index is 0.157. The van der Waals surface area contributed by atoms with Crippen molar-refractivity contribution >= 4 is 12.1 Å². The van der Waals surface area contributed by atoms with Crippen LogP contribution in [0.15, 0.2) is 17.3 Å². The normalized spacial score (nSPS) is 31.2. The fourth-order valence-corrected chi connectivity index (χ4v) is 1.87. The lowest BCUT2D eigenvalue weighted by molar-refractivity contribution is -0.0744. The number of nitrogens with two attached hydrogens (primary N) is 1. The van der Waals surface area contributed by atoms with E-state index in [0.29, 0.717) is 19.5 Å². The molecule has 2 aliphatic heterocycles. The third-order valence-electron chi connectivity index (χ3n) is 2.72. The Morgan fingerprint density at radius 1 is 1.60 bits per heavy atom. The molecule has 0 saturated carbocycles. The van der Waals surface area contributed by atoms with Crippen molar-refractivity contribution in [2.45, 2.75) is 25.0 Å². The van der Waals surface area contributed by atoms with Crippen molar-refractivity contribution in [2.75, 3.05) is 6.67 Å². The van der Waals surface area contributed by atoms with Gasteiger partial charge >= 0.3 is 0 Å². The Kier molecular flexibility index (Phi) is 2.70. The van der Waals surface area contributed by atoms with Gasteiger partial charge in [-0.15, -0.1) is 0 Å². The first kappa shape index (κ1) is 10.1. The molecular formula is C9H15N5O. The number of allylic oxidation sites excluding steroid dienone is 1. The highest BCUT2D eigenvalue weighted by atomic mass is 16.5. The van der Waals surface area contributed by atoms with Gasteiger partial charge in [0.05, 0.1) is 0 Å². The van der Waals surface area contributed by atoms with Crippen molar-refractivity contribution in [3.05, 3.63) is 12.3 Å². The molecule has 4 N–H and O–H groups in total. The predicted molar refractivity (Wildman–Crippen MR) is 56.7 cm³/mol. The summed E-state index contributed by atoms with van der Waals surface area (Å²) in [4.78, 5) is 6.17. The summed E-state index contributed by atoms with van der Waals surface area (Å²) in [6.45, 7) is 0.604. The summed E-state index contributed by atoms with van der Waals surface area (Å²) in [6, 6.07) is 0.157. The van der Waals surface area contributed by atoms with Crippen molar-refractivity contribution in [1.29, 1.82) is 5.41 Å². The minimum atomic E-state index is -0.490. The first-order valence-corrected chi connectivity index (χ1v) is 4.92. The highest BCUT2D eigenvalue weighted by molar-refractivity contribution is 5.79. The summed E-state index contributed by atoms with van der Waals surface area (Å²) in [5.74, 6) is 0.168. The predicted octanol–water partition coefficient (Wildman–Crippen LogP) is -0.0403. The minimum Gasteiger partial charge on any atom is -0.355 e. The van der Waals surface area contributed by atoms with Crippen molar-refractivity contribution in [1.82, 2.24) is 9.96 Å². The maximum Gasteiger partial charge on any atom is 0.124 e. The van der Waals surface area contributed by atoms with Crippen molar-refractivity contribution < 1.29 is 5.21 Å². The number of piperidine rings is 1. The van der Waals surface area contributed by atoms with Gasteiger partial charge in [0, 0.05) is 31.3 Å². The van der Waals surface area contributed by atoms with Gasteiger partial charge in [-0.3, -0.25) is 15.6 Å². The number of hydroxylamine groups is 2. The molecule has 1 saturated heterocycles. The largest absolute Gasteiger partial charge is 0.355 e. The molecule has 2 rings (SSSR count). The molecule has 0 bridgehead atoms. The van der Waals surface area contributed by atoms with Crippen LogP contribution in [-0.4, -0.2) is 46.1 Å². The lowest BCUT2D eigenvalue weighted by atomic mass is 10.0. The van der Waals surface area contributed by atoms with E-state index in [-0.39, 0.29) is 11.9 Å². The average molecular weight is 209 g/mol. The molecule has 15 heavy (non-hydrogen) atoms. The van der Waals surface area contributed by atoms with Gasteiger partial charge in [0.25, 0.3) is 0 Å². The highest BCUT2D eigenvalue weighted by Crippen LogP contribution is 2.20. The van der Waals surface area contributed by atoms with E-state index in [1.807, 2.05) is 17.2 Å². The molecule has 0 spiro atoms. The highest BCUT2D eigenvalue weighted by Gasteiger charge is 2.31. The quantitative estimate of drug-likeness (QED) is 0.565. The lowest BCUT2D eigenvalue weighted by Crippen LogP contribution is -2.54. The number of nitrogens with one attached hydrogen (secondary N) is 1. The van der Waals surface area contributed by atoms with Crippen molar-refractivity contribution in [3.63, 3.8) is 0 Å². The number of nitrogens with zero attached hydrogens (tertiary/aromatic N) is 3. The van der Waals surface area contributed by atoms with E-state index in [2.05, 4.69) is 4.99 Å². The van der Waals surface area contributed by atoms with Gasteiger partial charge < -0.3 is 10.6 Å². The van der Waals surface area contributed by atoms with E-state index in [0.717, 1.165) is 5.06 Å². The third-order valence-corrected chi connectivity index (χ3v) is 2.72. The zero-order chi connectivity index (χ0) is 10.8. The first-order chi connectivity index (χ1) is 7.18. The molecule has 2 atom stereocenters. The van der Waals surface area contributed by atoms with Gasteiger partial charge in [-0.2, -0.15) is 0 Å². The van der Waals surface area contributed by atoms with E-state index in [1.54, 1.807) is 6.21 Å². The van der Waals surface area contributed by atoms with Crippen LogP contribution in [-0.2, 0) is 0 Å². The summed E-state index contributed by atoms with van der Waals surface area (Å²) in [5, 5.41) is 17.8. The third kappa shape index (κ3) is 2.00. The zero-order valence-corrected chi connectivity index (χ0v) is 8.37. The SMILES string of the molecule is N=C1CC(N2C=CC=NC2)CC(N)N1O. The van der Waals surface area contributed by atoms with Gasteiger partial charge in [-0.1, -0.05) is 0 Å². The lowest BCUT2D eigenvalue weighted by Gasteiger charge is -2.39. The summed E-state index contributed by atoms with van der Waals surface area (Å²) < 4.78 is 0. The number of rotatable bonds is 1. The van der Waals surface area contributed by atoms with Crippen LogP contribution in [0.25, 0.3) is 0 Å². The second kappa shape index (κ2) is 4.00. The van der Waals surface area contributed by atoms with Gasteiger partial charge in [0.15, 0.2) is 0 Å². The molecule has 0 aliphatic carbocycles. The summed E-state index contributed by atoms with van der Waals surface area (Å²) in [7, 11) is 0. The number of amidine groups is 1. The van der Waals surface area contributed by atoms with Crippen molar-refractivity contribution in [3.8, 4) is 0 Å². The van der Waals surface area contributed by atoms with Crippen LogP contribution in [0, 0.1) is 5.41 Å². The number of hydrogen-bond acceptors (Lipinski definition) is 5. The summed E-state index contributed by atoms with van der Waals surface area (Å²) in [6.07, 6.45) is 6.22. The fraction of sp³-hybridized carbons (Fsp3) is 0.556. The van der Waals surface area contributed by atoms with Crippen molar-refractivity contribution in [2.24, 2.45) is 10.7 Å². The molecule has 2 unspecified atom stereocenters. The van der Waals surface area contributed by atoms with Crippen LogP contribution in [0.3, 0.4) is 0 Å². The number of aliphatic imine (C=N–C) groups is 1.